The van der Waals surface area contributed by atoms with Crippen LogP contribution >= 0.6 is 0 Å². The van der Waals surface area contributed by atoms with Crippen molar-refractivity contribution in [2.24, 2.45) is 0 Å². The molecule has 38 heavy (non-hydrogen) atoms. The van der Waals surface area contributed by atoms with Gasteiger partial charge in [-0.3, -0.25) is 14.5 Å². The second-order valence-corrected chi connectivity index (χ2v) is 9.27. The molecule has 2 heterocycles. The van der Waals surface area contributed by atoms with E-state index >= 15 is 0 Å². The number of likely N-dealkylation sites (N-methyl/N-ethyl adjacent to an activating group) is 1. The van der Waals surface area contributed by atoms with Crippen molar-refractivity contribution in [1.29, 1.82) is 0 Å². The Morgan fingerprint density at radius 3 is 2.53 bits per heavy atom. The van der Waals surface area contributed by atoms with E-state index < -0.39 is 6.03 Å². The molecule has 2 N–H and O–H groups in total. The largest absolute Gasteiger partial charge is 0.454 e. The first-order chi connectivity index (χ1) is 17.9. The van der Waals surface area contributed by atoms with E-state index in [1.54, 1.807) is 36.4 Å². The normalized spacial score (nSPS) is 13.7. The predicted molar refractivity (Wildman–Crippen MR) is 147 cm³/mol. The van der Waals surface area contributed by atoms with Crippen molar-refractivity contribution in [3.8, 4) is 11.5 Å². The van der Waals surface area contributed by atoms with E-state index in [-0.39, 0.29) is 32.6 Å². The van der Waals surface area contributed by atoms with Gasteiger partial charge in [-0.1, -0.05) is 31.7 Å². The third-order valence-electron chi connectivity index (χ3n) is 6.61. The van der Waals surface area contributed by atoms with Crippen molar-refractivity contribution in [2.45, 2.75) is 7.43 Å². The quantitative estimate of drug-likeness (QED) is 0.283. The van der Waals surface area contributed by atoms with Gasteiger partial charge >= 0.3 is 6.03 Å². The summed E-state index contributed by atoms with van der Waals surface area (Å²) in [6.07, 6.45) is 0. The molecule has 0 fully saturated rings. The zero-order valence-corrected chi connectivity index (χ0v) is 20.3. The lowest BCUT2D eigenvalue weighted by atomic mass is 9.89. The van der Waals surface area contributed by atoms with Crippen LogP contribution in [-0.2, 0) is 0 Å². The lowest BCUT2D eigenvalue weighted by molar-refractivity contribution is 0.0602. The number of ether oxygens (including phenoxy) is 2. The van der Waals surface area contributed by atoms with Crippen molar-refractivity contribution in [2.75, 3.05) is 44.6 Å². The zero-order valence-electron chi connectivity index (χ0n) is 20.3. The highest BCUT2D eigenvalue weighted by atomic mass is 16.7. The van der Waals surface area contributed by atoms with Gasteiger partial charge in [0.25, 0.3) is 11.8 Å². The van der Waals surface area contributed by atoms with Crippen LogP contribution in [-0.4, -0.2) is 61.6 Å². The van der Waals surface area contributed by atoms with Gasteiger partial charge in [0.15, 0.2) is 11.5 Å². The Bertz CT molecular complexity index is 1610. The number of benzene rings is 4. The van der Waals surface area contributed by atoms with Gasteiger partial charge in [0.2, 0.25) is 6.79 Å². The van der Waals surface area contributed by atoms with Gasteiger partial charge in [-0.05, 0) is 55.2 Å². The smallest absolute Gasteiger partial charge is 0.323 e. The second kappa shape index (κ2) is 9.68. The summed E-state index contributed by atoms with van der Waals surface area (Å²) >= 11 is 0. The van der Waals surface area contributed by atoms with Crippen LogP contribution < -0.4 is 20.1 Å². The maximum atomic E-state index is 13.7. The molecule has 2 aliphatic heterocycles. The molecular formula is C29H28N4O5. The molecule has 0 bridgehead atoms. The Hall–Kier alpha value is -4.63. The van der Waals surface area contributed by atoms with E-state index in [9.17, 15) is 14.4 Å². The Morgan fingerprint density at radius 1 is 0.921 bits per heavy atom. The minimum absolute atomic E-state index is 0. The number of amides is 4. The Kier molecular flexibility index (Phi) is 6.38. The van der Waals surface area contributed by atoms with Gasteiger partial charge in [-0.15, -0.1) is 0 Å². The Balaban J connectivity index is 0.00000294. The minimum atomic E-state index is -0.442. The standard InChI is InChI=1S/C28H24N4O5.CH4/c1-31(2)11-12-32-26(33)19-7-3-5-16-13-20-18(25(24(16)19)27(32)34)6-4-8-21(20)30-28(35)29-17-9-10-22-23(14-17)37-15-36-22;/h3-10,13-14H,11-12,15H2,1-2H3,(H2,29,30,35);1H4. The molecule has 4 aromatic carbocycles. The van der Waals surface area contributed by atoms with Crippen molar-refractivity contribution in [3.63, 3.8) is 0 Å². The predicted octanol–water partition coefficient (Wildman–Crippen LogP) is 5.16. The number of imide groups is 1. The van der Waals surface area contributed by atoms with E-state index in [2.05, 4.69) is 10.6 Å². The SMILES string of the molecule is C.CN(C)CCN1C(=O)c2cccc3cc4c(NC(=O)Nc5ccc6c(c5)OCO6)cccc4c(c23)C1=O. The summed E-state index contributed by atoms with van der Waals surface area (Å²) in [7, 11) is 3.80. The van der Waals surface area contributed by atoms with Crippen LogP contribution in [0.3, 0.4) is 0 Å². The molecule has 0 atom stereocenters. The molecule has 0 saturated carbocycles. The maximum Gasteiger partial charge on any atom is 0.323 e. The highest BCUT2D eigenvalue weighted by Crippen LogP contribution is 2.38. The van der Waals surface area contributed by atoms with Crippen molar-refractivity contribution < 1.29 is 23.9 Å². The number of carbonyl (C=O) groups is 3. The summed E-state index contributed by atoms with van der Waals surface area (Å²) in [6.45, 7) is 0.989. The minimum Gasteiger partial charge on any atom is -0.454 e. The molecule has 4 amide bonds. The number of anilines is 2. The van der Waals surface area contributed by atoms with E-state index in [1.807, 2.05) is 43.3 Å². The van der Waals surface area contributed by atoms with Crippen LogP contribution in [0.25, 0.3) is 21.5 Å². The van der Waals surface area contributed by atoms with Gasteiger partial charge in [-0.25, -0.2) is 4.79 Å². The highest BCUT2D eigenvalue weighted by Gasteiger charge is 2.34. The summed E-state index contributed by atoms with van der Waals surface area (Å²) in [5.74, 6) is 0.573. The number of nitrogens with zero attached hydrogens (tertiary/aromatic N) is 2. The molecule has 194 valence electrons. The van der Waals surface area contributed by atoms with Crippen LogP contribution in [0.1, 0.15) is 28.1 Å². The average molecular weight is 513 g/mol. The first-order valence-electron chi connectivity index (χ1n) is 11.9. The summed E-state index contributed by atoms with van der Waals surface area (Å²) < 4.78 is 10.7. The molecule has 6 rings (SSSR count). The van der Waals surface area contributed by atoms with E-state index in [0.29, 0.717) is 56.7 Å². The number of hydrogen-bond donors (Lipinski definition) is 2. The number of urea groups is 1. The zero-order chi connectivity index (χ0) is 25.7. The molecule has 0 aromatic heterocycles. The van der Waals surface area contributed by atoms with Gasteiger partial charge in [0, 0.05) is 41.2 Å². The number of carbonyl (C=O) groups excluding carboxylic acids is 3. The maximum absolute atomic E-state index is 13.7. The molecule has 0 spiro atoms. The lowest BCUT2D eigenvalue weighted by Crippen LogP contribution is -2.43. The second-order valence-electron chi connectivity index (χ2n) is 9.27. The van der Waals surface area contributed by atoms with Gasteiger partial charge < -0.3 is 25.0 Å². The molecular weight excluding hydrogens is 484 g/mol. The van der Waals surface area contributed by atoms with E-state index in [1.165, 1.54) is 4.90 Å². The molecule has 0 aliphatic carbocycles. The fourth-order valence-corrected chi connectivity index (χ4v) is 4.84. The molecule has 0 saturated heterocycles. The van der Waals surface area contributed by atoms with Gasteiger partial charge in [0.05, 0.1) is 11.3 Å². The van der Waals surface area contributed by atoms with E-state index in [4.69, 9.17) is 9.47 Å². The highest BCUT2D eigenvalue weighted by molar-refractivity contribution is 6.31. The Morgan fingerprint density at radius 2 is 1.71 bits per heavy atom. The summed E-state index contributed by atoms with van der Waals surface area (Å²) in [5, 5.41) is 8.50. The van der Waals surface area contributed by atoms with Crippen LogP contribution in [0.5, 0.6) is 11.5 Å². The summed E-state index contributed by atoms with van der Waals surface area (Å²) in [5.41, 5.74) is 2.08. The van der Waals surface area contributed by atoms with Crippen molar-refractivity contribution >= 4 is 50.8 Å². The third-order valence-corrected chi connectivity index (χ3v) is 6.61. The molecule has 4 aromatic rings. The number of nitrogens with one attached hydrogen (secondary N) is 2. The monoisotopic (exact) mass is 512 g/mol. The average Bonchev–Trinajstić information content (AvgIpc) is 3.34. The van der Waals surface area contributed by atoms with Crippen LogP contribution in [0, 0.1) is 0 Å². The topological polar surface area (TPSA) is 100 Å². The molecule has 0 radical (unpaired) electrons. The van der Waals surface area contributed by atoms with Crippen LogP contribution in [0.4, 0.5) is 16.2 Å². The number of hydrogen-bond acceptors (Lipinski definition) is 6. The fraction of sp³-hybridized carbons (Fsp3) is 0.207. The van der Waals surface area contributed by atoms with Crippen LogP contribution in [0.2, 0.25) is 0 Å². The first-order valence-corrected chi connectivity index (χ1v) is 11.9. The van der Waals surface area contributed by atoms with Crippen molar-refractivity contribution in [3.05, 3.63) is 71.8 Å². The van der Waals surface area contributed by atoms with E-state index in [0.717, 1.165) is 5.39 Å². The van der Waals surface area contributed by atoms with Crippen molar-refractivity contribution in [1.82, 2.24) is 9.80 Å². The third kappa shape index (κ3) is 4.16. The van der Waals surface area contributed by atoms with Gasteiger partial charge in [0.1, 0.15) is 0 Å². The first kappa shape index (κ1) is 25.0. The number of fused-ring (bicyclic) bond motifs is 3. The molecule has 0 unspecified atom stereocenters. The molecule has 9 nitrogen and oxygen atoms in total. The number of rotatable bonds is 5. The lowest BCUT2D eigenvalue weighted by Gasteiger charge is -2.29. The summed E-state index contributed by atoms with van der Waals surface area (Å²) in [4.78, 5) is 43.0. The Labute approximate surface area is 219 Å². The summed E-state index contributed by atoms with van der Waals surface area (Å²) in [6, 6.07) is 17.5. The molecule has 9 heteroatoms. The van der Waals surface area contributed by atoms with Gasteiger partial charge in [-0.2, -0.15) is 0 Å². The van der Waals surface area contributed by atoms with Crippen LogP contribution in [0.15, 0.2) is 60.7 Å². The molecule has 2 aliphatic rings. The fourth-order valence-electron chi connectivity index (χ4n) is 4.84.